The van der Waals surface area contributed by atoms with E-state index in [1.165, 1.54) is 0 Å². The van der Waals surface area contributed by atoms with Crippen LogP contribution in [0, 0.1) is 0 Å². The second-order valence-electron chi connectivity index (χ2n) is 6.32. The smallest absolute Gasteiger partial charge is 0.257 e. The Hall–Kier alpha value is -2.04. The number of amides is 2. The van der Waals surface area contributed by atoms with E-state index in [-0.39, 0.29) is 18.4 Å². The molecule has 1 heterocycles. The fourth-order valence-electron chi connectivity index (χ4n) is 2.87. The highest BCUT2D eigenvalue weighted by atomic mass is 16.5. The first-order valence-electron chi connectivity index (χ1n) is 8.88. The molecule has 1 aromatic carbocycles. The first-order chi connectivity index (χ1) is 11.6. The second kappa shape index (κ2) is 9.30. The summed E-state index contributed by atoms with van der Waals surface area (Å²) in [6.07, 6.45) is 3.42. The first kappa shape index (κ1) is 18.3. The average Bonchev–Trinajstić information content (AvgIpc) is 3.01. The minimum absolute atomic E-state index is 0.0239. The SMILES string of the molecule is CCC(C)c1ccccc1OCC(=O)NCCCN1CCCC1=O. The van der Waals surface area contributed by atoms with Gasteiger partial charge in [-0.15, -0.1) is 0 Å². The Balaban J connectivity index is 1.69. The highest BCUT2D eigenvalue weighted by molar-refractivity contribution is 5.78. The largest absolute Gasteiger partial charge is 0.483 e. The van der Waals surface area contributed by atoms with Gasteiger partial charge in [0.15, 0.2) is 6.61 Å². The maximum Gasteiger partial charge on any atom is 0.257 e. The highest BCUT2D eigenvalue weighted by Crippen LogP contribution is 2.28. The van der Waals surface area contributed by atoms with Crippen LogP contribution in [0.5, 0.6) is 5.75 Å². The first-order valence-corrected chi connectivity index (χ1v) is 8.88. The van der Waals surface area contributed by atoms with Crippen molar-refractivity contribution in [3.8, 4) is 5.75 Å². The number of ether oxygens (including phenoxy) is 1. The van der Waals surface area contributed by atoms with E-state index in [0.717, 1.165) is 43.7 Å². The third kappa shape index (κ3) is 5.25. The van der Waals surface area contributed by atoms with Crippen molar-refractivity contribution in [3.05, 3.63) is 29.8 Å². The van der Waals surface area contributed by atoms with Gasteiger partial charge in [-0.3, -0.25) is 9.59 Å². The van der Waals surface area contributed by atoms with Crippen LogP contribution in [0.3, 0.4) is 0 Å². The molecule has 1 N–H and O–H groups in total. The Morgan fingerprint density at radius 3 is 2.88 bits per heavy atom. The highest BCUT2D eigenvalue weighted by Gasteiger charge is 2.19. The van der Waals surface area contributed by atoms with E-state index in [4.69, 9.17) is 4.74 Å². The third-order valence-corrected chi connectivity index (χ3v) is 4.52. The molecular formula is C19H28N2O3. The van der Waals surface area contributed by atoms with Crippen LogP contribution in [0.1, 0.15) is 51.0 Å². The number of para-hydroxylation sites is 1. The third-order valence-electron chi connectivity index (χ3n) is 4.52. The molecular weight excluding hydrogens is 304 g/mol. The van der Waals surface area contributed by atoms with Gasteiger partial charge in [-0.05, 0) is 36.8 Å². The van der Waals surface area contributed by atoms with Gasteiger partial charge in [-0.1, -0.05) is 32.0 Å². The summed E-state index contributed by atoms with van der Waals surface area (Å²) in [4.78, 5) is 25.3. The Morgan fingerprint density at radius 2 is 2.17 bits per heavy atom. The van der Waals surface area contributed by atoms with Crippen molar-refractivity contribution in [2.24, 2.45) is 0 Å². The number of carbonyl (C=O) groups excluding carboxylic acids is 2. The molecule has 1 saturated heterocycles. The molecule has 0 bridgehead atoms. The van der Waals surface area contributed by atoms with Crippen LogP contribution in [0.4, 0.5) is 0 Å². The lowest BCUT2D eigenvalue weighted by molar-refractivity contribution is -0.127. The molecule has 2 amide bonds. The van der Waals surface area contributed by atoms with Crippen LogP contribution in [0.2, 0.25) is 0 Å². The summed E-state index contributed by atoms with van der Waals surface area (Å²) < 4.78 is 5.69. The summed E-state index contributed by atoms with van der Waals surface area (Å²) in [6.45, 7) is 6.45. The van der Waals surface area contributed by atoms with Crippen molar-refractivity contribution in [2.75, 3.05) is 26.2 Å². The van der Waals surface area contributed by atoms with E-state index in [2.05, 4.69) is 25.2 Å². The molecule has 24 heavy (non-hydrogen) atoms. The number of nitrogens with zero attached hydrogens (tertiary/aromatic N) is 1. The lowest BCUT2D eigenvalue weighted by atomic mass is 9.98. The Bertz CT molecular complexity index is 559. The van der Waals surface area contributed by atoms with Gasteiger partial charge >= 0.3 is 0 Å². The number of nitrogens with one attached hydrogen (secondary N) is 1. The summed E-state index contributed by atoms with van der Waals surface area (Å²) in [5, 5.41) is 2.85. The van der Waals surface area contributed by atoms with Gasteiger partial charge in [0.05, 0.1) is 0 Å². The van der Waals surface area contributed by atoms with Crippen molar-refractivity contribution in [1.82, 2.24) is 10.2 Å². The summed E-state index contributed by atoms with van der Waals surface area (Å²) in [6, 6.07) is 7.88. The van der Waals surface area contributed by atoms with Crippen LogP contribution in [0.15, 0.2) is 24.3 Å². The van der Waals surface area contributed by atoms with Crippen LogP contribution in [-0.2, 0) is 9.59 Å². The molecule has 132 valence electrons. The molecule has 0 radical (unpaired) electrons. The molecule has 1 aliphatic heterocycles. The summed E-state index contributed by atoms with van der Waals surface area (Å²) in [5.41, 5.74) is 1.14. The van der Waals surface area contributed by atoms with Crippen molar-refractivity contribution in [2.45, 2.75) is 45.4 Å². The van der Waals surface area contributed by atoms with E-state index in [9.17, 15) is 9.59 Å². The Morgan fingerprint density at radius 1 is 1.38 bits per heavy atom. The molecule has 1 atom stereocenters. The zero-order valence-electron chi connectivity index (χ0n) is 14.7. The van der Waals surface area contributed by atoms with E-state index < -0.39 is 0 Å². The Kier molecular flexibility index (Phi) is 7.09. The Labute approximate surface area is 144 Å². The maximum absolute atomic E-state index is 11.9. The molecule has 2 rings (SSSR count). The minimum atomic E-state index is -0.123. The molecule has 1 aliphatic rings. The lowest BCUT2D eigenvalue weighted by Crippen LogP contribution is -2.33. The number of benzene rings is 1. The van der Waals surface area contributed by atoms with E-state index in [0.29, 0.717) is 18.9 Å². The fourth-order valence-corrected chi connectivity index (χ4v) is 2.87. The summed E-state index contributed by atoms with van der Waals surface area (Å²) >= 11 is 0. The topological polar surface area (TPSA) is 58.6 Å². The van der Waals surface area contributed by atoms with Gasteiger partial charge in [0.2, 0.25) is 5.91 Å². The molecule has 1 aromatic rings. The van der Waals surface area contributed by atoms with Gasteiger partial charge in [0.25, 0.3) is 5.91 Å². The van der Waals surface area contributed by atoms with Gasteiger partial charge in [-0.2, -0.15) is 0 Å². The minimum Gasteiger partial charge on any atom is -0.483 e. The van der Waals surface area contributed by atoms with Gasteiger partial charge in [-0.25, -0.2) is 0 Å². The maximum atomic E-state index is 11.9. The zero-order valence-corrected chi connectivity index (χ0v) is 14.7. The van der Waals surface area contributed by atoms with Crippen LogP contribution < -0.4 is 10.1 Å². The normalized spacial score (nSPS) is 15.4. The van der Waals surface area contributed by atoms with Gasteiger partial charge < -0.3 is 15.0 Å². The van der Waals surface area contributed by atoms with Crippen LogP contribution >= 0.6 is 0 Å². The van der Waals surface area contributed by atoms with Crippen LogP contribution in [-0.4, -0.2) is 43.0 Å². The predicted molar refractivity (Wildman–Crippen MR) is 94.1 cm³/mol. The standard InChI is InChI=1S/C19H28N2O3/c1-3-15(2)16-8-4-5-9-17(16)24-14-18(22)20-11-7-13-21-12-6-10-19(21)23/h4-5,8-9,15H,3,6-7,10-14H2,1-2H3,(H,20,22). The van der Waals surface area contributed by atoms with Crippen molar-refractivity contribution in [1.29, 1.82) is 0 Å². The molecule has 5 nitrogen and oxygen atoms in total. The molecule has 5 heteroatoms. The van der Waals surface area contributed by atoms with E-state index in [1.807, 2.05) is 23.1 Å². The number of likely N-dealkylation sites (tertiary alicyclic amines) is 1. The molecule has 1 fully saturated rings. The van der Waals surface area contributed by atoms with Crippen molar-refractivity contribution < 1.29 is 14.3 Å². The molecule has 1 unspecified atom stereocenters. The lowest BCUT2D eigenvalue weighted by Gasteiger charge is -2.16. The van der Waals surface area contributed by atoms with E-state index in [1.54, 1.807) is 0 Å². The van der Waals surface area contributed by atoms with Crippen LogP contribution in [0.25, 0.3) is 0 Å². The number of hydrogen-bond acceptors (Lipinski definition) is 3. The molecule has 0 saturated carbocycles. The van der Waals surface area contributed by atoms with Gasteiger partial charge in [0.1, 0.15) is 5.75 Å². The molecule has 0 aliphatic carbocycles. The molecule has 0 aromatic heterocycles. The number of carbonyl (C=O) groups is 2. The summed E-state index contributed by atoms with van der Waals surface area (Å²) in [7, 11) is 0. The fraction of sp³-hybridized carbons (Fsp3) is 0.579. The van der Waals surface area contributed by atoms with Crippen molar-refractivity contribution >= 4 is 11.8 Å². The zero-order chi connectivity index (χ0) is 17.4. The van der Waals surface area contributed by atoms with Gasteiger partial charge in [0, 0.05) is 26.1 Å². The monoisotopic (exact) mass is 332 g/mol. The van der Waals surface area contributed by atoms with Crippen molar-refractivity contribution in [3.63, 3.8) is 0 Å². The second-order valence-corrected chi connectivity index (χ2v) is 6.32. The quantitative estimate of drug-likeness (QED) is 0.707. The number of rotatable bonds is 9. The number of hydrogen-bond donors (Lipinski definition) is 1. The average molecular weight is 332 g/mol. The summed E-state index contributed by atoms with van der Waals surface area (Å²) in [5.74, 6) is 1.29. The predicted octanol–water partition coefficient (Wildman–Crippen LogP) is 2.71. The van der Waals surface area contributed by atoms with E-state index >= 15 is 0 Å². The molecule has 0 spiro atoms.